The van der Waals surface area contributed by atoms with Gasteiger partial charge in [-0.2, -0.15) is 0 Å². The van der Waals surface area contributed by atoms with Crippen molar-refractivity contribution in [1.29, 1.82) is 0 Å². The number of hydrogen-bond acceptors (Lipinski definition) is 4. The molecule has 0 saturated heterocycles. The largest absolute Gasteiger partial charge is 0.480 e. The van der Waals surface area contributed by atoms with Crippen molar-refractivity contribution >= 4 is 22.8 Å². The number of aliphatic hydroxyl groups is 1. The molecule has 18 heavy (non-hydrogen) atoms. The molecule has 0 spiro atoms. The standard InChI is InChI=1S/C10H20N2O5S/c1-7(18(2)17)3-5-11-10(16)12-8(4-6-13)9(14)15/h7-8,13H,3-6H2,1-2H3,(H,14,15)(H2,11,12,16)/t7?,8-,18?/m1/s1. The summed E-state index contributed by atoms with van der Waals surface area (Å²) < 4.78 is 11.0. The van der Waals surface area contributed by atoms with Crippen molar-refractivity contribution in [2.45, 2.75) is 31.1 Å². The Balaban J connectivity index is 3.95. The lowest BCUT2D eigenvalue weighted by Gasteiger charge is -2.14. The van der Waals surface area contributed by atoms with Gasteiger partial charge in [-0.25, -0.2) is 9.59 Å². The maximum absolute atomic E-state index is 11.3. The number of aliphatic hydroxyl groups excluding tert-OH is 1. The summed E-state index contributed by atoms with van der Waals surface area (Å²) in [6.45, 7) is 1.81. The summed E-state index contributed by atoms with van der Waals surface area (Å²) in [4.78, 5) is 22.0. The highest BCUT2D eigenvalue weighted by molar-refractivity contribution is 7.84. The molecule has 3 atom stereocenters. The minimum atomic E-state index is -1.19. The van der Waals surface area contributed by atoms with Gasteiger partial charge in [0.15, 0.2) is 0 Å². The number of hydrogen-bond donors (Lipinski definition) is 4. The normalized spacial score (nSPS) is 15.5. The molecule has 4 N–H and O–H groups in total. The van der Waals surface area contributed by atoms with Gasteiger partial charge in [-0.1, -0.05) is 6.92 Å². The van der Waals surface area contributed by atoms with E-state index in [2.05, 4.69) is 10.6 Å². The van der Waals surface area contributed by atoms with Gasteiger partial charge < -0.3 is 20.8 Å². The number of urea groups is 1. The number of carbonyl (C=O) groups is 2. The van der Waals surface area contributed by atoms with E-state index in [-0.39, 0.29) is 18.3 Å². The van der Waals surface area contributed by atoms with Crippen LogP contribution in [0.25, 0.3) is 0 Å². The van der Waals surface area contributed by atoms with Crippen LogP contribution < -0.4 is 10.6 Å². The number of aliphatic carboxylic acids is 1. The second kappa shape index (κ2) is 8.87. The third kappa shape index (κ3) is 7.23. The molecule has 0 bridgehead atoms. The number of carbonyl (C=O) groups excluding carboxylic acids is 1. The van der Waals surface area contributed by atoms with Gasteiger partial charge in [-0.15, -0.1) is 0 Å². The van der Waals surface area contributed by atoms with Gasteiger partial charge in [0.25, 0.3) is 0 Å². The van der Waals surface area contributed by atoms with E-state index in [0.717, 1.165) is 0 Å². The molecule has 0 aromatic heterocycles. The fourth-order valence-electron chi connectivity index (χ4n) is 1.15. The number of carboxylic acid groups (broad SMARTS) is 1. The van der Waals surface area contributed by atoms with E-state index < -0.39 is 28.8 Å². The Morgan fingerprint density at radius 3 is 2.39 bits per heavy atom. The zero-order chi connectivity index (χ0) is 14.1. The van der Waals surface area contributed by atoms with E-state index in [0.29, 0.717) is 13.0 Å². The highest BCUT2D eigenvalue weighted by Crippen LogP contribution is 1.97. The first-order chi connectivity index (χ1) is 8.38. The first-order valence-electron chi connectivity index (χ1n) is 5.58. The Labute approximate surface area is 108 Å². The van der Waals surface area contributed by atoms with E-state index in [9.17, 15) is 13.8 Å². The van der Waals surface area contributed by atoms with Crippen LogP contribution in [0.3, 0.4) is 0 Å². The molecule has 0 saturated carbocycles. The van der Waals surface area contributed by atoms with Crippen LogP contribution in [-0.2, 0) is 15.6 Å². The molecule has 0 aromatic carbocycles. The lowest BCUT2D eigenvalue weighted by atomic mass is 10.2. The average Bonchev–Trinajstić information content (AvgIpc) is 2.27. The third-order valence-corrected chi connectivity index (χ3v) is 3.79. The van der Waals surface area contributed by atoms with Crippen molar-refractivity contribution in [2.24, 2.45) is 0 Å². The molecule has 2 unspecified atom stereocenters. The smallest absolute Gasteiger partial charge is 0.326 e. The minimum Gasteiger partial charge on any atom is -0.480 e. The summed E-state index contributed by atoms with van der Waals surface area (Å²) in [6, 6.07) is -1.71. The van der Waals surface area contributed by atoms with Gasteiger partial charge in [0, 0.05) is 41.9 Å². The minimum absolute atomic E-state index is 0.0296. The van der Waals surface area contributed by atoms with Crippen molar-refractivity contribution in [3.8, 4) is 0 Å². The average molecular weight is 280 g/mol. The van der Waals surface area contributed by atoms with E-state index in [1.807, 2.05) is 6.92 Å². The summed E-state index contributed by atoms with van der Waals surface area (Å²) in [5.74, 6) is -1.19. The van der Waals surface area contributed by atoms with Crippen LogP contribution in [0.4, 0.5) is 4.79 Å². The van der Waals surface area contributed by atoms with Crippen molar-refractivity contribution in [3.05, 3.63) is 0 Å². The fourth-order valence-corrected chi connectivity index (χ4v) is 1.60. The Morgan fingerprint density at radius 1 is 1.33 bits per heavy atom. The molecule has 0 aliphatic carbocycles. The predicted molar refractivity (Wildman–Crippen MR) is 67.8 cm³/mol. The van der Waals surface area contributed by atoms with Crippen molar-refractivity contribution in [1.82, 2.24) is 10.6 Å². The molecule has 0 fully saturated rings. The second-order valence-corrected chi connectivity index (χ2v) is 5.70. The number of nitrogens with one attached hydrogen (secondary N) is 2. The van der Waals surface area contributed by atoms with Crippen LogP contribution in [0.5, 0.6) is 0 Å². The maximum atomic E-state index is 11.3. The van der Waals surface area contributed by atoms with Crippen LogP contribution >= 0.6 is 0 Å². The number of carboxylic acids is 1. The Hall–Kier alpha value is -1.15. The molecule has 0 heterocycles. The molecule has 0 radical (unpaired) electrons. The summed E-state index contributed by atoms with van der Waals surface area (Å²) in [5, 5.41) is 22.1. The zero-order valence-corrected chi connectivity index (χ0v) is 11.3. The van der Waals surface area contributed by atoms with Gasteiger partial charge in [0.2, 0.25) is 0 Å². The summed E-state index contributed by atoms with van der Waals surface area (Å²) in [7, 11) is -0.945. The summed E-state index contributed by atoms with van der Waals surface area (Å²) in [5.41, 5.74) is 0. The number of amides is 2. The van der Waals surface area contributed by atoms with E-state index in [1.165, 1.54) is 0 Å². The van der Waals surface area contributed by atoms with Gasteiger partial charge in [-0.3, -0.25) is 4.21 Å². The molecule has 0 aliphatic rings. The van der Waals surface area contributed by atoms with Gasteiger partial charge in [0.05, 0.1) is 0 Å². The van der Waals surface area contributed by atoms with Crippen LogP contribution in [-0.4, -0.2) is 57.1 Å². The highest BCUT2D eigenvalue weighted by Gasteiger charge is 2.18. The molecule has 2 amide bonds. The van der Waals surface area contributed by atoms with E-state index >= 15 is 0 Å². The maximum Gasteiger partial charge on any atom is 0.326 e. The number of rotatable bonds is 8. The Morgan fingerprint density at radius 2 is 1.94 bits per heavy atom. The molecule has 7 nitrogen and oxygen atoms in total. The first-order valence-corrected chi connectivity index (χ1v) is 7.20. The first kappa shape index (κ1) is 16.9. The summed E-state index contributed by atoms with van der Waals surface area (Å²) in [6.07, 6.45) is 2.10. The van der Waals surface area contributed by atoms with Crippen LogP contribution in [0, 0.1) is 0 Å². The predicted octanol–water partition coefficient (Wildman–Crippen LogP) is -0.722. The Bertz CT molecular complexity index is 311. The molecular formula is C10H20N2O5S. The molecule has 0 rings (SSSR count). The van der Waals surface area contributed by atoms with Gasteiger partial charge in [0.1, 0.15) is 6.04 Å². The van der Waals surface area contributed by atoms with Gasteiger partial charge in [-0.05, 0) is 6.42 Å². The topological polar surface area (TPSA) is 116 Å². The molecular weight excluding hydrogens is 260 g/mol. The SMILES string of the molecule is CC(CCNC(=O)N[C@H](CCO)C(=O)O)S(C)=O. The van der Waals surface area contributed by atoms with Crippen molar-refractivity contribution < 1.29 is 24.0 Å². The van der Waals surface area contributed by atoms with Crippen LogP contribution in [0.1, 0.15) is 19.8 Å². The lowest BCUT2D eigenvalue weighted by molar-refractivity contribution is -0.139. The van der Waals surface area contributed by atoms with E-state index in [1.54, 1.807) is 6.26 Å². The van der Waals surface area contributed by atoms with Crippen LogP contribution in [0.2, 0.25) is 0 Å². The lowest BCUT2D eigenvalue weighted by Crippen LogP contribution is -2.46. The molecule has 0 aromatic rings. The third-order valence-electron chi connectivity index (χ3n) is 2.42. The molecule has 0 aliphatic heterocycles. The van der Waals surface area contributed by atoms with E-state index in [4.69, 9.17) is 10.2 Å². The fraction of sp³-hybridized carbons (Fsp3) is 0.800. The molecule has 8 heteroatoms. The zero-order valence-electron chi connectivity index (χ0n) is 10.5. The highest BCUT2D eigenvalue weighted by atomic mass is 32.2. The van der Waals surface area contributed by atoms with Crippen molar-refractivity contribution in [2.75, 3.05) is 19.4 Å². The Kier molecular flexibility index (Phi) is 8.30. The second-order valence-electron chi connectivity index (χ2n) is 3.90. The monoisotopic (exact) mass is 280 g/mol. The van der Waals surface area contributed by atoms with Crippen LogP contribution in [0.15, 0.2) is 0 Å². The van der Waals surface area contributed by atoms with Crippen molar-refractivity contribution in [3.63, 3.8) is 0 Å². The quantitative estimate of drug-likeness (QED) is 0.468. The summed E-state index contributed by atoms with van der Waals surface area (Å²) >= 11 is 0. The molecule has 106 valence electrons. The van der Waals surface area contributed by atoms with Gasteiger partial charge >= 0.3 is 12.0 Å².